The minimum atomic E-state index is -0.612. The van der Waals surface area contributed by atoms with Gasteiger partial charge in [-0.05, 0) is 70.4 Å². The molecule has 0 radical (unpaired) electrons. The molecule has 0 aromatic heterocycles. The van der Waals surface area contributed by atoms with E-state index in [1.807, 2.05) is 20.8 Å². The average Bonchev–Trinajstić information content (AvgIpc) is 2.94. The number of ether oxygens (including phenoxy) is 1. The van der Waals surface area contributed by atoms with Crippen molar-refractivity contribution < 1.29 is 19.7 Å². The number of aliphatic hydroxyl groups is 2. The molecule has 30 heavy (non-hydrogen) atoms. The van der Waals surface area contributed by atoms with Gasteiger partial charge in [-0.1, -0.05) is 43.2 Å². The van der Waals surface area contributed by atoms with Gasteiger partial charge >= 0.3 is 0 Å². The second-order valence-electron chi connectivity index (χ2n) is 9.45. The first kappa shape index (κ1) is 24.6. The lowest BCUT2D eigenvalue weighted by Crippen LogP contribution is -2.32. The van der Waals surface area contributed by atoms with Crippen molar-refractivity contribution in [2.75, 3.05) is 13.7 Å². The molecule has 4 heteroatoms. The zero-order chi connectivity index (χ0) is 22.5. The van der Waals surface area contributed by atoms with Gasteiger partial charge in [-0.15, -0.1) is 0 Å². The first-order valence-electron chi connectivity index (χ1n) is 11.2. The first-order valence-corrected chi connectivity index (χ1v) is 11.2. The van der Waals surface area contributed by atoms with E-state index in [0.29, 0.717) is 25.0 Å². The van der Waals surface area contributed by atoms with Gasteiger partial charge in [0.1, 0.15) is 0 Å². The maximum Gasteiger partial charge on any atom is 0.204 e. The largest absolute Gasteiger partial charge is 0.493 e. The number of hydrogen-bond donors (Lipinski definition) is 2. The van der Waals surface area contributed by atoms with E-state index >= 15 is 0 Å². The van der Waals surface area contributed by atoms with Crippen LogP contribution in [0.2, 0.25) is 0 Å². The third-order valence-corrected chi connectivity index (χ3v) is 7.06. The van der Waals surface area contributed by atoms with Crippen molar-refractivity contribution in [2.45, 2.75) is 79.2 Å². The maximum atomic E-state index is 13.4. The molecule has 0 spiro atoms. The molecule has 0 heterocycles. The molecular weight excluding hydrogens is 376 g/mol. The van der Waals surface area contributed by atoms with Crippen LogP contribution >= 0.6 is 0 Å². The molecule has 168 valence electrons. The minimum Gasteiger partial charge on any atom is -0.493 e. The van der Waals surface area contributed by atoms with E-state index < -0.39 is 11.5 Å². The number of aliphatic hydroxyl groups excluding tert-OH is 2. The predicted octanol–water partition coefficient (Wildman–Crippen LogP) is 5.27. The van der Waals surface area contributed by atoms with Crippen molar-refractivity contribution in [1.29, 1.82) is 0 Å². The summed E-state index contributed by atoms with van der Waals surface area (Å²) in [5.41, 5.74) is 3.85. The van der Waals surface area contributed by atoms with Gasteiger partial charge in [-0.2, -0.15) is 0 Å². The van der Waals surface area contributed by atoms with Crippen molar-refractivity contribution in [3.05, 3.63) is 46.3 Å². The Labute approximate surface area is 182 Å². The number of carbonyl (C=O) groups excluding carboxylic acids is 1. The minimum absolute atomic E-state index is 0.0206. The molecule has 0 saturated carbocycles. The topological polar surface area (TPSA) is 66.8 Å². The lowest BCUT2D eigenvalue weighted by Gasteiger charge is -2.32. The van der Waals surface area contributed by atoms with Crippen LogP contribution in [0.4, 0.5) is 0 Å². The molecule has 0 fully saturated rings. The summed E-state index contributed by atoms with van der Waals surface area (Å²) < 4.78 is 5.57. The Balaban J connectivity index is 2.50. The number of carbonyl (C=O) groups is 1. The Morgan fingerprint density at radius 3 is 2.47 bits per heavy atom. The highest BCUT2D eigenvalue weighted by Crippen LogP contribution is 2.51. The summed E-state index contributed by atoms with van der Waals surface area (Å²) >= 11 is 0. The quantitative estimate of drug-likeness (QED) is 0.615. The lowest BCUT2D eigenvalue weighted by atomic mass is 9.70. The number of fused-ring (bicyclic) bond motifs is 1. The van der Waals surface area contributed by atoms with Gasteiger partial charge in [-0.25, -0.2) is 0 Å². The molecule has 0 aromatic rings. The maximum absolute atomic E-state index is 13.4. The van der Waals surface area contributed by atoms with E-state index in [2.05, 4.69) is 32.1 Å². The van der Waals surface area contributed by atoms with Gasteiger partial charge < -0.3 is 14.9 Å². The van der Waals surface area contributed by atoms with E-state index in [9.17, 15) is 15.0 Å². The van der Waals surface area contributed by atoms with Crippen LogP contribution in [0.25, 0.3) is 0 Å². The highest BCUT2D eigenvalue weighted by atomic mass is 16.5. The van der Waals surface area contributed by atoms with Crippen LogP contribution in [-0.2, 0) is 9.53 Å². The fourth-order valence-electron chi connectivity index (χ4n) is 4.72. The number of allylic oxidation sites excluding steroid dienone is 6. The van der Waals surface area contributed by atoms with Crippen LogP contribution in [0.15, 0.2) is 46.3 Å². The first-order chi connectivity index (χ1) is 14.2. The Kier molecular flexibility index (Phi) is 8.69. The fourth-order valence-corrected chi connectivity index (χ4v) is 4.72. The molecule has 0 bridgehead atoms. The van der Waals surface area contributed by atoms with Crippen LogP contribution in [0, 0.1) is 17.3 Å². The molecule has 0 saturated heterocycles. The summed E-state index contributed by atoms with van der Waals surface area (Å²) in [5, 5.41) is 20.5. The summed E-state index contributed by atoms with van der Waals surface area (Å²) in [5.74, 6) is 0.244. The molecular formula is C26H40O4. The molecule has 0 aliphatic heterocycles. The zero-order valence-corrected chi connectivity index (χ0v) is 19.6. The van der Waals surface area contributed by atoms with Gasteiger partial charge in [0.05, 0.1) is 13.2 Å². The van der Waals surface area contributed by atoms with E-state index in [1.165, 1.54) is 11.1 Å². The van der Waals surface area contributed by atoms with Gasteiger partial charge in [0.15, 0.2) is 5.76 Å². The normalized spacial score (nSPS) is 35.7. The van der Waals surface area contributed by atoms with Crippen molar-refractivity contribution in [3.8, 4) is 0 Å². The van der Waals surface area contributed by atoms with Crippen molar-refractivity contribution in [1.82, 2.24) is 0 Å². The Morgan fingerprint density at radius 1 is 1.17 bits per heavy atom. The van der Waals surface area contributed by atoms with Gasteiger partial charge in [0, 0.05) is 23.9 Å². The van der Waals surface area contributed by atoms with Crippen LogP contribution in [0.3, 0.4) is 0 Å². The summed E-state index contributed by atoms with van der Waals surface area (Å²) in [6.07, 6.45) is 10.9. The Morgan fingerprint density at radius 2 is 1.83 bits per heavy atom. The van der Waals surface area contributed by atoms with Crippen LogP contribution < -0.4 is 0 Å². The molecule has 0 amide bonds. The second-order valence-corrected chi connectivity index (χ2v) is 9.45. The second kappa shape index (κ2) is 10.6. The van der Waals surface area contributed by atoms with Crippen molar-refractivity contribution >= 4 is 5.78 Å². The predicted molar refractivity (Wildman–Crippen MR) is 122 cm³/mol. The number of ketones is 1. The SMILES string of the molecule is COC1=C([C@H](C)CO)[C@H]2C/C=C(\C)[C@@H](O)CC/C(C)=C/CC/C(C)=C/C[C@]2(C)C1=O. The Hall–Kier alpha value is -1.65. The number of rotatable bonds is 3. The lowest BCUT2D eigenvalue weighted by molar-refractivity contribution is -0.127. The highest BCUT2D eigenvalue weighted by molar-refractivity contribution is 6.02. The van der Waals surface area contributed by atoms with E-state index in [1.54, 1.807) is 7.11 Å². The highest BCUT2D eigenvalue weighted by Gasteiger charge is 2.52. The van der Waals surface area contributed by atoms with E-state index in [4.69, 9.17) is 4.74 Å². The monoisotopic (exact) mass is 416 g/mol. The molecule has 4 atom stereocenters. The average molecular weight is 417 g/mol. The third-order valence-electron chi connectivity index (χ3n) is 7.06. The summed E-state index contributed by atoms with van der Waals surface area (Å²) in [6.45, 7) is 10.2. The molecule has 2 aliphatic rings. The number of methoxy groups -OCH3 is 1. The van der Waals surface area contributed by atoms with Crippen molar-refractivity contribution in [3.63, 3.8) is 0 Å². The molecule has 0 unspecified atom stereocenters. The molecule has 2 aliphatic carbocycles. The molecule has 4 nitrogen and oxygen atoms in total. The molecule has 0 aromatic carbocycles. The summed E-state index contributed by atoms with van der Waals surface area (Å²) in [7, 11) is 1.55. The van der Waals surface area contributed by atoms with Gasteiger partial charge in [-0.3, -0.25) is 4.79 Å². The number of Topliss-reactive ketones (excluding diaryl/α,β-unsaturated/α-hetero) is 1. The smallest absolute Gasteiger partial charge is 0.204 e. The third kappa shape index (κ3) is 5.33. The zero-order valence-electron chi connectivity index (χ0n) is 19.6. The van der Waals surface area contributed by atoms with Crippen LogP contribution in [-0.4, -0.2) is 35.8 Å². The van der Waals surface area contributed by atoms with Crippen LogP contribution in [0.5, 0.6) is 0 Å². The summed E-state index contributed by atoms with van der Waals surface area (Å²) in [4.78, 5) is 13.4. The van der Waals surface area contributed by atoms with E-state index in [-0.39, 0.29) is 24.2 Å². The Bertz CT molecular complexity index is 755. The van der Waals surface area contributed by atoms with Gasteiger partial charge in [0.2, 0.25) is 5.78 Å². The van der Waals surface area contributed by atoms with Crippen molar-refractivity contribution in [2.24, 2.45) is 17.3 Å². The molecule has 2 N–H and O–H groups in total. The van der Waals surface area contributed by atoms with E-state index in [0.717, 1.165) is 30.4 Å². The molecule has 2 rings (SSSR count). The fraction of sp³-hybridized carbons (Fsp3) is 0.654. The van der Waals surface area contributed by atoms with Crippen LogP contribution in [0.1, 0.15) is 73.1 Å². The number of hydrogen-bond acceptors (Lipinski definition) is 4. The standard InChI is InChI=1S/C26H40O4/c1-17-8-7-9-18(2)14-15-26(5)21(12-11-19(3)22(28)13-10-17)23(20(4)16-27)24(30-6)25(26)29/h8,11,14,20-22,27-28H,7,9-10,12-13,15-16H2,1-6H3/b17-8+,18-14+,19-11+/t20-,21-,22+,26+/m1/s1. The van der Waals surface area contributed by atoms with Gasteiger partial charge in [0.25, 0.3) is 0 Å². The summed E-state index contributed by atoms with van der Waals surface area (Å²) in [6, 6.07) is 0.